The fourth-order valence-corrected chi connectivity index (χ4v) is 4.62. The largest absolute Gasteiger partial charge is 0.454 e. The zero-order valence-corrected chi connectivity index (χ0v) is 16.4. The highest BCUT2D eigenvalue weighted by Gasteiger charge is 2.60. The fraction of sp³-hybridized carbons (Fsp3) is 0.417. The van der Waals surface area contributed by atoms with Crippen molar-refractivity contribution in [1.29, 1.82) is 0 Å². The molecule has 0 aromatic heterocycles. The highest BCUT2D eigenvalue weighted by molar-refractivity contribution is 5.90. The molecule has 146 valence electrons. The van der Waals surface area contributed by atoms with Gasteiger partial charge >= 0.3 is 11.9 Å². The second-order valence-corrected chi connectivity index (χ2v) is 8.69. The molecule has 0 heterocycles. The van der Waals surface area contributed by atoms with Crippen LogP contribution < -0.4 is 0 Å². The van der Waals surface area contributed by atoms with Crippen LogP contribution in [0.15, 0.2) is 60.7 Å². The molecule has 4 nitrogen and oxygen atoms in total. The van der Waals surface area contributed by atoms with E-state index in [0.29, 0.717) is 11.1 Å². The van der Waals surface area contributed by atoms with Crippen molar-refractivity contribution in [1.82, 2.24) is 0 Å². The molecule has 2 aromatic carbocycles. The van der Waals surface area contributed by atoms with E-state index in [9.17, 15) is 9.59 Å². The maximum atomic E-state index is 12.8. The van der Waals surface area contributed by atoms with Crippen LogP contribution in [-0.2, 0) is 9.47 Å². The predicted octanol–water partition coefficient (Wildman–Crippen LogP) is 5.04. The fourth-order valence-electron chi connectivity index (χ4n) is 4.62. The number of hydrogen-bond donors (Lipinski definition) is 0. The molecule has 0 N–H and O–H groups in total. The van der Waals surface area contributed by atoms with Gasteiger partial charge in [-0.15, -0.1) is 0 Å². The Morgan fingerprint density at radius 3 is 1.32 bits per heavy atom. The van der Waals surface area contributed by atoms with E-state index in [1.165, 1.54) is 0 Å². The Balaban J connectivity index is 1.61. The van der Waals surface area contributed by atoms with Crippen LogP contribution in [0.25, 0.3) is 0 Å². The molecule has 5 rings (SSSR count). The molecule has 3 aliphatic carbocycles. The molecular formula is C24H26O4. The van der Waals surface area contributed by atoms with Crippen LogP contribution in [0.3, 0.4) is 0 Å². The quantitative estimate of drug-likeness (QED) is 0.700. The Hall–Kier alpha value is -2.62. The maximum Gasteiger partial charge on any atom is 0.338 e. The topological polar surface area (TPSA) is 52.6 Å². The molecule has 28 heavy (non-hydrogen) atoms. The minimum Gasteiger partial charge on any atom is -0.454 e. The van der Waals surface area contributed by atoms with Gasteiger partial charge < -0.3 is 9.47 Å². The minimum atomic E-state index is -0.444. The lowest BCUT2D eigenvalue weighted by molar-refractivity contribution is -0.191. The van der Waals surface area contributed by atoms with E-state index in [-0.39, 0.29) is 22.8 Å². The lowest BCUT2D eigenvalue weighted by atomic mass is 9.52. The third-order valence-corrected chi connectivity index (χ3v) is 6.67. The summed E-state index contributed by atoms with van der Waals surface area (Å²) >= 11 is 0. The molecule has 2 unspecified atom stereocenters. The first-order valence-corrected chi connectivity index (χ1v) is 9.93. The van der Waals surface area contributed by atoms with Crippen LogP contribution in [0.5, 0.6) is 0 Å². The van der Waals surface area contributed by atoms with Gasteiger partial charge in [-0.2, -0.15) is 0 Å². The van der Waals surface area contributed by atoms with Crippen molar-refractivity contribution < 1.29 is 19.1 Å². The number of esters is 2. The van der Waals surface area contributed by atoms with Gasteiger partial charge in [0.15, 0.2) is 0 Å². The van der Waals surface area contributed by atoms with Crippen LogP contribution in [0.4, 0.5) is 0 Å². The average molecular weight is 378 g/mol. The van der Waals surface area contributed by atoms with Gasteiger partial charge in [-0.3, -0.25) is 0 Å². The van der Waals surface area contributed by atoms with Crippen LogP contribution in [0.1, 0.15) is 60.2 Å². The van der Waals surface area contributed by atoms with Crippen LogP contribution >= 0.6 is 0 Å². The number of benzene rings is 2. The molecule has 3 fully saturated rings. The Bertz CT molecular complexity index is 777. The number of rotatable bonds is 4. The molecule has 2 bridgehead atoms. The summed E-state index contributed by atoms with van der Waals surface area (Å²) in [5.74, 6) is -0.715. The molecule has 0 aliphatic heterocycles. The molecule has 0 saturated heterocycles. The van der Waals surface area contributed by atoms with Crippen LogP contribution in [0, 0.1) is 10.8 Å². The van der Waals surface area contributed by atoms with Gasteiger partial charge in [0.1, 0.15) is 12.2 Å². The van der Waals surface area contributed by atoms with E-state index in [1.807, 2.05) is 36.4 Å². The molecule has 2 aromatic rings. The van der Waals surface area contributed by atoms with Crippen molar-refractivity contribution in [2.75, 3.05) is 0 Å². The molecule has 0 spiro atoms. The smallest absolute Gasteiger partial charge is 0.338 e. The molecule has 3 saturated carbocycles. The second-order valence-electron chi connectivity index (χ2n) is 8.69. The first kappa shape index (κ1) is 18.7. The SMILES string of the molecule is CC12CCC(C)(CC1)C(OC(=O)c1ccccc1)C2OC(=O)c1ccccc1. The van der Waals surface area contributed by atoms with E-state index in [1.54, 1.807) is 24.3 Å². The van der Waals surface area contributed by atoms with Crippen molar-refractivity contribution in [3.05, 3.63) is 71.8 Å². The first-order chi connectivity index (χ1) is 13.4. The van der Waals surface area contributed by atoms with E-state index < -0.39 is 12.2 Å². The summed E-state index contributed by atoms with van der Waals surface area (Å²) in [6.45, 7) is 4.30. The van der Waals surface area contributed by atoms with E-state index in [4.69, 9.17) is 9.47 Å². The number of fused-ring (bicyclic) bond motifs is 3. The number of carbonyl (C=O) groups is 2. The Morgan fingerprint density at radius 1 is 0.679 bits per heavy atom. The van der Waals surface area contributed by atoms with Gasteiger partial charge in [-0.25, -0.2) is 9.59 Å². The van der Waals surface area contributed by atoms with Gasteiger partial charge in [0.05, 0.1) is 11.1 Å². The van der Waals surface area contributed by atoms with Gasteiger partial charge in [0.2, 0.25) is 0 Å². The summed E-state index contributed by atoms with van der Waals surface area (Å²) in [6, 6.07) is 18.0. The van der Waals surface area contributed by atoms with Crippen molar-refractivity contribution in [2.24, 2.45) is 10.8 Å². The molecule has 2 atom stereocenters. The average Bonchev–Trinajstić information content (AvgIpc) is 2.73. The molecule has 4 heteroatoms. The summed E-state index contributed by atoms with van der Waals surface area (Å²) in [5.41, 5.74) is 0.685. The van der Waals surface area contributed by atoms with E-state index in [2.05, 4.69) is 13.8 Å². The van der Waals surface area contributed by atoms with Gasteiger partial charge in [0, 0.05) is 10.8 Å². The van der Waals surface area contributed by atoms with Crippen molar-refractivity contribution in [2.45, 2.75) is 51.7 Å². The Morgan fingerprint density at radius 2 is 1.00 bits per heavy atom. The molecule has 0 radical (unpaired) electrons. The van der Waals surface area contributed by atoms with E-state index in [0.717, 1.165) is 25.7 Å². The third kappa shape index (κ3) is 3.32. The lowest BCUT2D eigenvalue weighted by Crippen LogP contribution is -2.61. The number of hydrogen-bond acceptors (Lipinski definition) is 4. The number of ether oxygens (including phenoxy) is 2. The van der Waals surface area contributed by atoms with Crippen LogP contribution in [-0.4, -0.2) is 24.1 Å². The summed E-state index contributed by atoms with van der Waals surface area (Å²) < 4.78 is 12.0. The van der Waals surface area contributed by atoms with Crippen molar-refractivity contribution in [3.63, 3.8) is 0 Å². The number of carbonyl (C=O) groups excluding carboxylic acids is 2. The van der Waals surface area contributed by atoms with Crippen LogP contribution in [0.2, 0.25) is 0 Å². The standard InChI is InChI=1S/C24H26O4/c1-23-13-15-24(2,16-14-23)20(28-22(26)18-11-7-4-8-12-18)19(23)27-21(25)17-9-5-3-6-10-17/h3-12,19-20H,13-16H2,1-2H3. The van der Waals surface area contributed by atoms with Crippen molar-refractivity contribution >= 4 is 11.9 Å². The summed E-state index contributed by atoms with van der Waals surface area (Å²) in [7, 11) is 0. The maximum absolute atomic E-state index is 12.8. The monoisotopic (exact) mass is 378 g/mol. The minimum absolute atomic E-state index is 0.177. The Kier molecular flexibility index (Phi) is 4.74. The Labute approximate surface area is 165 Å². The molecule has 3 aliphatic rings. The second kappa shape index (κ2) is 7.08. The normalized spacial score (nSPS) is 31.2. The molecule has 0 amide bonds. The van der Waals surface area contributed by atoms with E-state index >= 15 is 0 Å². The predicted molar refractivity (Wildman–Crippen MR) is 106 cm³/mol. The summed E-state index contributed by atoms with van der Waals surface area (Å²) in [6.07, 6.45) is 2.98. The molecular weight excluding hydrogens is 352 g/mol. The summed E-state index contributed by atoms with van der Waals surface area (Å²) in [4.78, 5) is 25.5. The zero-order valence-electron chi connectivity index (χ0n) is 16.4. The lowest BCUT2D eigenvalue weighted by Gasteiger charge is -2.58. The first-order valence-electron chi connectivity index (χ1n) is 9.93. The van der Waals surface area contributed by atoms with Crippen molar-refractivity contribution in [3.8, 4) is 0 Å². The highest BCUT2D eigenvalue weighted by Crippen LogP contribution is 2.58. The van der Waals surface area contributed by atoms with Gasteiger partial charge in [0.25, 0.3) is 0 Å². The van der Waals surface area contributed by atoms with Gasteiger partial charge in [-0.1, -0.05) is 50.2 Å². The highest BCUT2D eigenvalue weighted by atomic mass is 16.6. The summed E-state index contributed by atoms with van der Waals surface area (Å²) in [5, 5.41) is 0. The van der Waals surface area contributed by atoms with Gasteiger partial charge in [-0.05, 0) is 49.9 Å². The zero-order chi connectivity index (χ0) is 19.8. The third-order valence-electron chi connectivity index (χ3n) is 6.67.